The monoisotopic (exact) mass is 274 g/mol. The molecule has 1 atom stereocenters. The zero-order chi connectivity index (χ0) is 14.4. The Morgan fingerprint density at radius 2 is 2.15 bits per heavy atom. The third-order valence-corrected chi connectivity index (χ3v) is 3.77. The lowest BCUT2D eigenvalue weighted by molar-refractivity contribution is -0.150. The number of aliphatic carboxylic acids is 1. The maximum absolute atomic E-state index is 11.6. The standard InChI is InChI=1S/C14H14N2O4/c1-7(17)16-6-12-10(5-13(16)14(19)20)9-4-8(18)2-3-11(9)15-12/h2-4,13,15,18H,5-6H2,1H3,(H,19,20). The van der Waals surface area contributed by atoms with Crippen LogP contribution in [0.2, 0.25) is 0 Å². The molecule has 3 rings (SSSR count). The summed E-state index contributed by atoms with van der Waals surface area (Å²) in [6.45, 7) is 1.62. The number of hydrogen-bond acceptors (Lipinski definition) is 3. The summed E-state index contributed by atoms with van der Waals surface area (Å²) in [6, 6.07) is 4.08. The highest BCUT2D eigenvalue weighted by Crippen LogP contribution is 2.32. The first-order valence-electron chi connectivity index (χ1n) is 6.30. The molecule has 0 aliphatic carbocycles. The van der Waals surface area contributed by atoms with E-state index in [-0.39, 0.29) is 24.6 Å². The van der Waals surface area contributed by atoms with Crippen LogP contribution in [0.25, 0.3) is 10.9 Å². The Morgan fingerprint density at radius 3 is 2.80 bits per heavy atom. The van der Waals surface area contributed by atoms with Crippen molar-refractivity contribution in [2.24, 2.45) is 0 Å². The van der Waals surface area contributed by atoms with Crippen LogP contribution in [0.3, 0.4) is 0 Å². The first kappa shape index (κ1) is 12.5. The molecule has 104 valence electrons. The van der Waals surface area contributed by atoms with Crippen molar-refractivity contribution in [2.45, 2.75) is 25.9 Å². The molecule has 1 aliphatic heterocycles. The van der Waals surface area contributed by atoms with Crippen molar-refractivity contribution >= 4 is 22.8 Å². The zero-order valence-corrected chi connectivity index (χ0v) is 10.9. The van der Waals surface area contributed by atoms with Gasteiger partial charge in [-0.2, -0.15) is 0 Å². The van der Waals surface area contributed by atoms with Gasteiger partial charge in [0.2, 0.25) is 5.91 Å². The molecule has 0 radical (unpaired) electrons. The number of aromatic hydroxyl groups is 1. The Labute approximate surface area is 114 Å². The summed E-state index contributed by atoms with van der Waals surface area (Å²) in [4.78, 5) is 27.5. The van der Waals surface area contributed by atoms with Crippen LogP contribution >= 0.6 is 0 Å². The molecule has 0 spiro atoms. The van der Waals surface area contributed by atoms with E-state index in [4.69, 9.17) is 0 Å². The van der Waals surface area contributed by atoms with E-state index < -0.39 is 12.0 Å². The van der Waals surface area contributed by atoms with E-state index in [1.54, 1.807) is 18.2 Å². The predicted octanol–water partition coefficient (Wildman–Crippen LogP) is 1.23. The maximum Gasteiger partial charge on any atom is 0.326 e. The average molecular weight is 274 g/mol. The van der Waals surface area contributed by atoms with Crippen LogP contribution in [0.15, 0.2) is 18.2 Å². The molecule has 1 amide bonds. The minimum atomic E-state index is -1.01. The van der Waals surface area contributed by atoms with E-state index in [1.807, 2.05) is 0 Å². The number of phenolic OH excluding ortho intramolecular Hbond substituents is 1. The van der Waals surface area contributed by atoms with E-state index >= 15 is 0 Å². The fourth-order valence-electron chi connectivity index (χ4n) is 2.80. The molecule has 1 unspecified atom stereocenters. The number of benzene rings is 1. The molecule has 1 aliphatic rings. The van der Waals surface area contributed by atoms with Gasteiger partial charge in [-0.1, -0.05) is 0 Å². The maximum atomic E-state index is 11.6. The second-order valence-electron chi connectivity index (χ2n) is 5.02. The number of carbonyl (C=O) groups excluding carboxylic acids is 1. The van der Waals surface area contributed by atoms with Gasteiger partial charge in [0.05, 0.1) is 6.54 Å². The van der Waals surface area contributed by atoms with E-state index in [2.05, 4.69) is 4.98 Å². The van der Waals surface area contributed by atoms with Gasteiger partial charge in [0.25, 0.3) is 0 Å². The second-order valence-corrected chi connectivity index (χ2v) is 5.02. The fourth-order valence-corrected chi connectivity index (χ4v) is 2.80. The van der Waals surface area contributed by atoms with Crippen LogP contribution in [0.4, 0.5) is 0 Å². The van der Waals surface area contributed by atoms with E-state index in [9.17, 15) is 19.8 Å². The summed E-state index contributed by atoms with van der Waals surface area (Å²) in [6.07, 6.45) is 0.244. The van der Waals surface area contributed by atoms with Gasteiger partial charge in [-0.15, -0.1) is 0 Å². The van der Waals surface area contributed by atoms with Crippen LogP contribution in [-0.2, 0) is 22.6 Å². The van der Waals surface area contributed by atoms with Gasteiger partial charge in [-0.25, -0.2) is 4.79 Å². The van der Waals surface area contributed by atoms with Crippen molar-refractivity contribution in [2.75, 3.05) is 0 Å². The minimum Gasteiger partial charge on any atom is -0.508 e. The van der Waals surface area contributed by atoms with Crippen LogP contribution in [-0.4, -0.2) is 38.0 Å². The smallest absolute Gasteiger partial charge is 0.326 e. The SMILES string of the molecule is CC(=O)N1Cc2[nH]c3ccc(O)cc3c2CC1C(=O)O. The summed E-state index contributed by atoms with van der Waals surface area (Å²) in [5, 5.41) is 19.7. The van der Waals surface area contributed by atoms with Gasteiger partial charge in [0.15, 0.2) is 0 Å². The number of aromatic amines is 1. The molecule has 3 N–H and O–H groups in total. The first-order chi connectivity index (χ1) is 9.47. The molecule has 0 saturated heterocycles. The number of carboxylic acid groups (broad SMARTS) is 1. The van der Waals surface area contributed by atoms with Gasteiger partial charge in [-0.3, -0.25) is 4.79 Å². The van der Waals surface area contributed by atoms with E-state index in [1.165, 1.54) is 11.8 Å². The van der Waals surface area contributed by atoms with Crippen molar-refractivity contribution in [3.8, 4) is 5.75 Å². The molecule has 0 saturated carbocycles. The molecule has 2 aromatic rings. The Bertz CT molecular complexity index is 719. The lowest BCUT2D eigenvalue weighted by Gasteiger charge is -2.32. The number of carbonyl (C=O) groups is 2. The van der Waals surface area contributed by atoms with E-state index in [0.29, 0.717) is 0 Å². The number of carboxylic acids is 1. The van der Waals surface area contributed by atoms with Crippen LogP contribution in [0.5, 0.6) is 5.75 Å². The number of fused-ring (bicyclic) bond motifs is 3. The van der Waals surface area contributed by atoms with Gasteiger partial charge in [0, 0.05) is 29.9 Å². The minimum absolute atomic E-state index is 0.139. The zero-order valence-electron chi connectivity index (χ0n) is 10.9. The normalized spacial score (nSPS) is 18.1. The highest BCUT2D eigenvalue weighted by Gasteiger charge is 2.34. The molecule has 2 heterocycles. The van der Waals surface area contributed by atoms with Crippen LogP contribution < -0.4 is 0 Å². The van der Waals surface area contributed by atoms with Crippen molar-refractivity contribution < 1.29 is 19.8 Å². The van der Waals surface area contributed by atoms with Crippen molar-refractivity contribution in [3.63, 3.8) is 0 Å². The number of aromatic nitrogens is 1. The number of nitrogens with zero attached hydrogens (tertiary/aromatic N) is 1. The average Bonchev–Trinajstić information content (AvgIpc) is 2.74. The third kappa shape index (κ3) is 1.80. The topological polar surface area (TPSA) is 93.6 Å². The summed E-state index contributed by atoms with van der Waals surface area (Å²) >= 11 is 0. The van der Waals surface area contributed by atoms with Crippen molar-refractivity contribution in [1.29, 1.82) is 0 Å². The summed E-state index contributed by atoms with van der Waals surface area (Å²) in [5.74, 6) is -1.13. The molecular weight excluding hydrogens is 260 g/mol. The predicted molar refractivity (Wildman–Crippen MR) is 71.3 cm³/mol. The van der Waals surface area contributed by atoms with Crippen molar-refractivity contribution in [1.82, 2.24) is 9.88 Å². The van der Waals surface area contributed by atoms with Crippen LogP contribution in [0.1, 0.15) is 18.2 Å². The van der Waals surface area contributed by atoms with Gasteiger partial charge >= 0.3 is 5.97 Å². The number of amides is 1. The number of hydrogen-bond donors (Lipinski definition) is 3. The molecule has 6 heteroatoms. The van der Waals surface area contributed by atoms with Crippen molar-refractivity contribution in [3.05, 3.63) is 29.5 Å². The Kier molecular flexibility index (Phi) is 2.67. The van der Waals surface area contributed by atoms with Crippen LogP contribution in [0, 0.1) is 0 Å². The Hall–Kier alpha value is -2.50. The molecular formula is C14H14N2O4. The van der Waals surface area contributed by atoms with E-state index in [0.717, 1.165) is 22.2 Å². The number of phenols is 1. The molecule has 6 nitrogen and oxygen atoms in total. The third-order valence-electron chi connectivity index (χ3n) is 3.77. The lowest BCUT2D eigenvalue weighted by atomic mass is 9.96. The van der Waals surface area contributed by atoms with Gasteiger partial charge in [-0.05, 0) is 23.8 Å². The molecule has 1 aromatic carbocycles. The molecule has 0 bridgehead atoms. The number of H-pyrrole nitrogens is 1. The highest BCUT2D eigenvalue weighted by molar-refractivity contribution is 5.89. The first-order valence-corrected chi connectivity index (χ1v) is 6.30. The molecule has 20 heavy (non-hydrogen) atoms. The largest absolute Gasteiger partial charge is 0.508 e. The summed E-state index contributed by atoms with van der Waals surface area (Å²) in [7, 11) is 0. The lowest BCUT2D eigenvalue weighted by Crippen LogP contribution is -2.47. The van der Waals surface area contributed by atoms with Gasteiger partial charge in [0.1, 0.15) is 11.8 Å². The number of rotatable bonds is 1. The highest BCUT2D eigenvalue weighted by atomic mass is 16.4. The number of nitrogens with one attached hydrogen (secondary N) is 1. The van der Waals surface area contributed by atoms with Gasteiger partial charge < -0.3 is 20.1 Å². The Balaban J connectivity index is 2.14. The summed E-state index contributed by atoms with van der Waals surface area (Å²) in [5.41, 5.74) is 2.53. The Morgan fingerprint density at radius 1 is 1.40 bits per heavy atom. The molecule has 0 fully saturated rings. The fraction of sp³-hybridized carbons (Fsp3) is 0.286. The molecule has 1 aromatic heterocycles. The quantitative estimate of drug-likeness (QED) is 0.729. The summed E-state index contributed by atoms with van der Waals surface area (Å²) < 4.78 is 0. The second kappa shape index (κ2) is 4.26.